The second-order valence-corrected chi connectivity index (χ2v) is 5.22. The number of fused-ring (bicyclic) bond motifs is 1. The second-order valence-electron chi connectivity index (χ2n) is 4.79. The molecule has 1 N–H and O–H groups in total. The van der Waals surface area contributed by atoms with E-state index in [0.29, 0.717) is 23.9 Å². The summed E-state index contributed by atoms with van der Waals surface area (Å²) in [4.78, 5) is 13.4. The Morgan fingerprint density at radius 1 is 1.19 bits per heavy atom. The summed E-state index contributed by atoms with van der Waals surface area (Å²) in [5.41, 5.74) is 1.68. The van der Waals surface area contributed by atoms with Gasteiger partial charge in [-0.25, -0.2) is 4.79 Å². The van der Waals surface area contributed by atoms with Gasteiger partial charge in [0.05, 0.1) is 23.5 Å². The summed E-state index contributed by atoms with van der Waals surface area (Å²) >= 11 is 6.06. The molecular formula is C16H14ClNO3. The standard InChI is InChI=1S/C16H14ClNO3/c17-11-6-7-12(16(19)20)14(10-11)18-8-3-9-21-15-5-2-1-4-13(15)18/h1-2,4-7,10H,3,8-9H2,(H,19,20). The van der Waals surface area contributed by atoms with E-state index in [4.69, 9.17) is 16.3 Å². The quantitative estimate of drug-likeness (QED) is 0.912. The monoisotopic (exact) mass is 303 g/mol. The van der Waals surface area contributed by atoms with Gasteiger partial charge in [0, 0.05) is 11.6 Å². The van der Waals surface area contributed by atoms with E-state index in [1.807, 2.05) is 29.2 Å². The summed E-state index contributed by atoms with van der Waals surface area (Å²) in [7, 11) is 0. The van der Waals surface area contributed by atoms with E-state index in [1.165, 1.54) is 6.07 Å². The minimum Gasteiger partial charge on any atom is -0.491 e. The van der Waals surface area contributed by atoms with Gasteiger partial charge in [0.15, 0.2) is 0 Å². The highest BCUT2D eigenvalue weighted by Crippen LogP contribution is 2.38. The van der Waals surface area contributed by atoms with Crippen LogP contribution in [0.5, 0.6) is 5.75 Å². The Balaban J connectivity index is 2.16. The van der Waals surface area contributed by atoms with Gasteiger partial charge >= 0.3 is 5.97 Å². The van der Waals surface area contributed by atoms with Crippen molar-refractivity contribution in [3.8, 4) is 5.75 Å². The lowest BCUT2D eigenvalue weighted by Gasteiger charge is -2.25. The van der Waals surface area contributed by atoms with E-state index < -0.39 is 5.97 Å². The van der Waals surface area contributed by atoms with Crippen LogP contribution in [0.2, 0.25) is 5.02 Å². The van der Waals surface area contributed by atoms with Crippen LogP contribution in [0.4, 0.5) is 11.4 Å². The lowest BCUT2D eigenvalue weighted by Crippen LogP contribution is -2.20. The average Bonchev–Trinajstić information content (AvgIpc) is 2.69. The summed E-state index contributed by atoms with van der Waals surface area (Å²) in [6, 6.07) is 12.4. The number of carboxylic acid groups (broad SMARTS) is 1. The minimum atomic E-state index is -0.968. The Hall–Kier alpha value is -2.20. The Morgan fingerprint density at radius 3 is 2.81 bits per heavy atom. The molecule has 1 heterocycles. The van der Waals surface area contributed by atoms with E-state index in [1.54, 1.807) is 12.1 Å². The molecule has 0 aliphatic carbocycles. The van der Waals surface area contributed by atoms with Crippen molar-refractivity contribution in [2.45, 2.75) is 6.42 Å². The highest BCUT2D eigenvalue weighted by Gasteiger charge is 2.22. The van der Waals surface area contributed by atoms with Crippen LogP contribution in [-0.2, 0) is 0 Å². The number of carboxylic acids is 1. The van der Waals surface area contributed by atoms with Gasteiger partial charge in [-0.3, -0.25) is 0 Å². The van der Waals surface area contributed by atoms with E-state index in [-0.39, 0.29) is 5.56 Å². The number of anilines is 2. The van der Waals surface area contributed by atoms with E-state index >= 15 is 0 Å². The molecule has 2 aromatic rings. The van der Waals surface area contributed by atoms with Crippen LogP contribution in [0.25, 0.3) is 0 Å². The second kappa shape index (κ2) is 5.66. The normalized spacial score (nSPS) is 14.0. The number of para-hydroxylation sites is 2. The zero-order valence-electron chi connectivity index (χ0n) is 11.3. The first-order valence-electron chi connectivity index (χ1n) is 6.69. The van der Waals surface area contributed by atoms with Crippen LogP contribution in [0, 0.1) is 0 Å². The van der Waals surface area contributed by atoms with Crippen molar-refractivity contribution in [1.29, 1.82) is 0 Å². The van der Waals surface area contributed by atoms with Crippen molar-refractivity contribution in [3.63, 3.8) is 0 Å². The van der Waals surface area contributed by atoms with Gasteiger partial charge in [0.1, 0.15) is 5.75 Å². The number of benzene rings is 2. The number of nitrogens with zero attached hydrogens (tertiary/aromatic N) is 1. The first-order valence-corrected chi connectivity index (χ1v) is 7.07. The first kappa shape index (κ1) is 13.8. The number of hydrogen-bond donors (Lipinski definition) is 1. The van der Waals surface area contributed by atoms with Gasteiger partial charge in [0.25, 0.3) is 0 Å². The fourth-order valence-corrected chi connectivity index (χ4v) is 2.65. The van der Waals surface area contributed by atoms with Crippen molar-refractivity contribution in [2.24, 2.45) is 0 Å². The lowest BCUT2D eigenvalue weighted by atomic mass is 10.1. The Labute approximate surface area is 127 Å². The van der Waals surface area contributed by atoms with Crippen LogP contribution in [0.1, 0.15) is 16.8 Å². The van der Waals surface area contributed by atoms with Crippen molar-refractivity contribution in [3.05, 3.63) is 53.1 Å². The summed E-state index contributed by atoms with van der Waals surface area (Å²) < 4.78 is 5.71. The summed E-state index contributed by atoms with van der Waals surface area (Å²) in [5.74, 6) is -0.212. The average molecular weight is 304 g/mol. The molecule has 0 saturated carbocycles. The zero-order chi connectivity index (χ0) is 14.8. The fourth-order valence-electron chi connectivity index (χ4n) is 2.49. The molecule has 0 radical (unpaired) electrons. The molecule has 0 saturated heterocycles. The molecule has 0 atom stereocenters. The van der Waals surface area contributed by atoms with Crippen molar-refractivity contribution in [1.82, 2.24) is 0 Å². The SMILES string of the molecule is O=C(O)c1ccc(Cl)cc1N1CCCOc2ccccc21. The van der Waals surface area contributed by atoms with Gasteiger partial charge in [-0.2, -0.15) is 0 Å². The molecule has 1 aliphatic rings. The van der Waals surface area contributed by atoms with Crippen molar-refractivity contribution >= 4 is 28.9 Å². The fraction of sp³-hybridized carbons (Fsp3) is 0.188. The molecular weight excluding hydrogens is 290 g/mol. The van der Waals surface area contributed by atoms with Crippen molar-refractivity contribution < 1.29 is 14.6 Å². The molecule has 5 heteroatoms. The van der Waals surface area contributed by atoms with E-state index in [9.17, 15) is 9.90 Å². The lowest BCUT2D eigenvalue weighted by molar-refractivity contribution is 0.0697. The Kier molecular flexibility index (Phi) is 3.71. The third-order valence-electron chi connectivity index (χ3n) is 3.42. The Morgan fingerprint density at radius 2 is 2.00 bits per heavy atom. The molecule has 3 rings (SSSR count). The molecule has 0 spiro atoms. The van der Waals surface area contributed by atoms with Crippen LogP contribution < -0.4 is 9.64 Å². The Bertz CT molecular complexity index is 687. The summed E-state index contributed by atoms with van der Waals surface area (Å²) in [5, 5.41) is 9.92. The number of rotatable bonds is 2. The minimum absolute atomic E-state index is 0.233. The number of halogens is 1. The predicted octanol–water partition coefficient (Wildman–Crippen LogP) is 3.96. The van der Waals surface area contributed by atoms with Crippen LogP contribution >= 0.6 is 11.6 Å². The third-order valence-corrected chi connectivity index (χ3v) is 3.66. The molecule has 2 aromatic carbocycles. The van der Waals surface area contributed by atoms with Crippen LogP contribution in [0.15, 0.2) is 42.5 Å². The largest absolute Gasteiger partial charge is 0.491 e. The molecule has 1 aliphatic heterocycles. The molecule has 0 fully saturated rings. The molecule has 4 nitrogen and oxygen atoms in total. The first-order chi connectivity index (χ1) is 10.2. The zero-order valence-corrected chi connectivity index (χ0v) is 12.0. The van der Waals surface area contributed by atoms with Gasteiger partial charge in [-0.05, 0) is 36.8 Å². The number of hydrogen-bond acceptors (Lipinski definition) is 3. The summed E-state index contributed by atoms with van der Waals surface area (Å²) in [6.07, 6.45) is 0.806. The summed E-state index contributed by atoms with van der Waals surface area (Å²) in [6.45, 7) is 1.29. The maximum absolute atomic E-state index is 11.5. The molecule has 0 unspecified atom stereocenters. The molecule has 108 valence electrons. The molecule has 0 aromatic heterocycles. The highest BCUT2D eigenvalue weighted by molar-refractivity contribution is 6.31. The van der Waals surface area contributed by atoms with E-state index in [2.05, 4.69) is 0 Å². The smallest absolute Gasteiger partial charge is 0.337 e. The molecule has 0 amide bonds. The number of ether oxygens (including phenoxy) is 1. The van der Waals surface area contributed by atoms with Crippen LogP contribution in [-0.4, -0.2) is 24.2 Å². The number of carbonyl (C=O) groups is 1. The maximum Gasteiger partial charge on any atom is 0.337 e. The van der Waals surface area contributed by atoms with Crippen molar-refractivity contribution in [2.75, 3.05) is 18.1 Å². The van der Waals surface area contributed by atoms with Gasteiger partial charge in [-0.1, -0.05) is 23.7 Å². The topological polar surface area (TPSA) is 49.8 Å². The van der Waals surface area contributed by atoms with Gasteiger partial charge in [0.2, 0.25) is 0 Å². The maximum atomic E-state index is 11.5. The van der Waals surface area contributed by atoms with Crippen LogP contribution in [0.3, 0.4) is 0 Å². The molecule has 0 bridgehead atoms. The number of aromatic carboxylic acids is 1. The third kappa shape index (κ3) is 2.67. The van der Waals surface area contributed by atoms with Gasteiger partial charge < -0.3 is 14.7 Å². The highest BCUT2D eigenvalue weighted by atomic mass is 35.5. The predicted molar refractivity (Wildman–Crippen MR) is 82.0 cm³/mol. The molecule has 21 heavy (non-hydrogen) atoms. The van der Waals surface area contributed by atoms with Gasteiger partial charge in [-0.15, -0.1) is 0 Å². The van der Waals surface area contributed by atoms with E-state index in [0.717, 1.165) is 17.9 Å².